The van der Waals surface area contributed by atoms with Gasteiger partial charge in [-0.1, -0.05) is 35.9 Å². The van der Waals surface area contributed by atoms with E-state index in [0.29, 0.717) is 21.7 Å². The van der Waals surface area contributed by atoms with Crippen LogP contribution in [0.15, 0.2) is 63.5 Å². The second-order valence-electron chi connectivity index (χ2n) is 4.89. The largest absolute Gasteiger partial charge is 0.349 e. The second kappa shape index (κ2) is 6.48. The summed E-state index contributed by atoms with van der Waals surface area (Å²) in [5.74, 6) is 5.60. The van der Waals surface area contributed by atoms with Gasteiger partial charge in [0.25, 0.3) is 0 Å². The number of nitrogens with one attached hydrogen (secondary N) is 1. The number of nitrogens with zero attached hydrogens (tertiary/aromatic N) is 1. The number of hydrogen-bond acceptors (Lipinski definition) is 4. The third-order valence-corrected chi connectivity index (χ3v) is 4.53. The first-order valence-electron chi connectivity index (χ1n) is 6.89. The van der Waals surface area contributed by atoms with Gasteiger partial charge in [-0.05, 0) is 30.5 Å². The molecule has 6 heteroatoms. The van der Waals surface area contributed by atoms with E-state index >= 15 is 0 Å². The van der Waals surface area contributed by atoms with Crippen LogP contribution in [0, 0.1) is 0 Å². The van der Waals surface area contributed by atoms with Crippen molar-refractivity contribution in [2.45, 2.75) is 5.03 Å². The molecule has 0 amide bonds. The lowest BCUT2D eigenvalue weighted by Crippen LogP contribution is -2.20. The van der Waals surface area contributed by atoms with Crippen LogP contribution in [0.5, 0.6) is 0 Å². The summed E-state index contributed by atoms with van der Waals surface area (Å²) in [6, 6.07) is 14.5. The van der Waals surface area contributed by atoms with Gasteiger partial charge < -0.3 is 10.8 Å². The Morgan fingerprint density at radius 2 is 1.87 bits per heavy atom. The summed E-state index contributed by atoms with van der Waals surface area (Å²) in [4.78, 5) is 16.2. The maximum atomic E-state index is 13.0. The molecule has 0 aliphatic carbocycles. The lowest BCUT2D eigenvalue weighted by Gasteiger charge is -2.11. The van der Waals surface area contributed by atoms with E-state index in [0.717, 1.165) is 16.1 Å². The zero-order valence-corrected chi connectivity index (χ0v) is 13.9. The minimum atomic E-state index is -0.0946. The summed E-state index contributed by atoms with van der Waals surface area (Å²) in [7, 11) is 0. The molecule has 0 aliphatic rings. The molecule has 1 aromatic heterocycles. The number of hydrazone groups is 1. The molecule has 23 heavy (non-hydrogen) atoms. The van der Waals surface area contributed by atoms with Crippen LogP contribution in [-0.4, -0.2) is 17.0 Å². The van der Waals surface area contributed by atoms with Crippen LogP contribution in [0.1, 0.15) is 11.1 Å². The molecule has 3 rings (SSSR count). The molecule has 0 spiro atoms. The number of halogens is 1. The molecular formula is C17H14ClN3OS. The topological polar surface area (TPSA) is 71.2 Å². The molecule has 0 atom stereocenters. The number of aromatic amines is 1. The van der Waals surface area contributed by atoms with E-state index in [9.17, 15) is 4.79 Å². The minimum absolute atomic E-state index is 0.0946. The summed E-state index contributed by atoms with van der Waals surface area (Å²) in [6.07, 6.45) is 1.90. The Hall–Kier alpha value is -2.24. The fourth-order valence-electron chi connectivity index (χ4n) is 2.47. The van der Waals surface area contributed by atoms with Crippen molar-refractivity contribution in [1.82, 2.24) is 4.98 Å². The van der Waals surface area contributed by atoms with Crippen LogP contribution in [0.2, 0.25) is 5.02 Å². The molecule has 0 saturated carbocycles. The van der Waals surface area contributed by atoms with E-state index in [-0.39, 0.29) is 5.43 Å². The lowest BCUT2D eigenvalue weighted by molar-refractivity contribution is 1.14. The normalized spacial score (nSPS) is 11.8. The van der Waals surface area contributed by atoms with Gasteiger partial charge in [-0.3, -0.25) is 4.79 Å². The Bertz CT molecular complexity index is 948. The number of rotatable bonds is 3. The highest BCUT2D eigenvalue weighted by Crippen LogP contribution is 2.22. The monoisotopic (exact) mass is 343 g/mol. The average Bonchev–Trinajstić information content (AvgIpc) is 2.58. The summed E-state index contributed by atoms with van der Waals surface area (Å²) >= 11 is 7.38. The van der Waals surface area contributed by atoms with Gasteiger partial charge in [-0.2, -0.15) is 5.10 Å². The molecule has 3 aromatic rings. The molecule has 2 aromatic carbocycles. The molecular weight excluding hydrogens is 330 g/mol. The highest BCUT2D eigenvalue weighted by atomic mass is 35.5. The number of pyridine rings is 1. The first kappa shape index (κ1) is 15.6. The molecule has 3 N–H and O–H groups in total. The number of para-hydroxylation sites is 1. The Morgan fingerprint density at radius 3 is 2.52 bits per heavy atom. The number of aromatic nitrogens is 1. The van der Waals surface area contributed by atoms with Crippen molar-refractivity contribution in [3.63, 3.8) is 0 Å². The van der Waals surface area contributed by atoms with E-state index in [1.807, 2.05) is 24.5 Å². The summed E-state index contributed by atoms with van der Waals surface area (Å²) in [5.41, 5.74) is 2.35. The van der Waals surface area contributed by atoms with Crippen molar-refractivity contribution < 1.29 is 0 Å². The molecule has 0 radical (unpaired) electrons. The fourth-order valence-corrected chi connectivity index (χ4v) is 3.20. The number of fused-ring (bicyclic) bond motifs is 1. The van der Waals surface area contributed by atoms with Crippen LogP contribution in [0.3, 0.4) is 0 Å². The van der Waals surface area contributed by atoms with Crippen LogP contribution in [-0.2, 0) is 0 Å². The molecule has 116 valence electrons. The summed E-state index contributed by atoms with van der Waals surface area (Å²) in [5, 5.41) is 5.82. The Labute approximate surface area is 142 Å². The van der Waals surface area contributed by atoms with Crippen LogP contribution >= 0.6 is 23.4 Å². The van der Waals surface area contributed by atoms with Crippen molar-refractivity contribution in [2.24, 2.45) is 10.9 Å². The van der Waals surface area contributed by atoms with Gasteiger partial charge in [0, 0.05) is 16.0 Å². The zero-order valence-electron chi connectivity index (χ0n) is 12.3. The van der Waals surface area contributed by atoms with Crippen molar-refractivity contribution in [2.75, 3.05) is 6.26 Å². The smallest absolute Gasteiger partial charge is 0.200 e. The number of H-pyrrole nitrogens is 1. The van der Waals surface area contributed by atoms with Crippen molar-refractivity contribution >= 4 is 40.0 Å². The van der Waals surface area contributed by atoms with E-state index in [1.165, 1.54) is 11.8 Å². The molecule has 0 bridgehead atoms. The highest BCUT2D eigenvalue weighted by Gasteiger charge is 2.18. The van der Waals surface area contributed by atoms with Crippen molar-refractivity contribution in [1.29, 1.82) is 0 Å². The summed E-state index contributed by atoms with van der Waals surface area (Å²) < 4.78 is 0. The highest BCUT2D eigenvalue weighted by molar-refractivity contribution is 7.98. The van der Waals surface area contributed by atoms with E-state index in [4.69, 9.17) is 17.4 Å². The first-order chi connectivity index (χ1) is 11.2. The van der Waals surface area contributed by atoms with Gasteiger partial charge in [0.2, 0.25) is 0 Å². The molecule has 4 nitrogen and oxygen atoms in total. The molecule has 0 aliphatic heterocycles. The third kappa shape index (κ3) is 2.85. The number of benzene rings is 2. The molecule has 0 saturated heterocycles. The number of thioether (sulfide) groups is 1. The van der Waals surface area contributed by atoms with Crippen LogP contribution in [0.4, 0.5) is 0 Å². The van der Waals surface area contributed by atoms with Gasteiger partial charge in [0.1, 0.15) is 5.71 Å². The van der Waals surface area contributed by atoms with Crippen LogP contribution in [0.25, 0.3) is 10.9 Å². The van der Waals surface area contributed by atoms with Gasteiger partial charge in [-0.25, -0.2) is 0 Å². The third-order valence-electron chi connectivity index (χ3n) is 3.56. The van der Waals surface area contributed by atoms with Gasteiger partial charge in [0.05, 0.1) is 16.1 Å². The second-order valence-corrected chi connectivity index (χ2v) is 6.15. The Kier molecular flexibility index (Phi) is 4.41. The van der Waals surface area contributed by atoms with Gasteiger partial charge >= 0.3 is 0 Å². The van der Waals surface area contributed by atoms with E-state index < -0.39 is 0 Å². The maximum Gasteiger partial charge on any atom is 0.200 e. The molecule has 0 unspecified atom stereocenters. The number of nitrogens with two attached hydrogens (primary N) is 1. The van der Waals surface area contributed by atoms with Gasteiger partial charge in [-0.15, -0.1) is 11.8 Å². The summed E-state index contributed by atoms with van der Waals surface area (Å²) in [6.45, 7) is 0. The van der Waals surface area contributed by atoms with E-state index in [1.54, 1.807) is 30.3 Å². The maximum absolute atomic E-state index is 13.0. The lowest BCUT2D eigenvalue weighted by atomic mass is 10.0. The van der Waals surface area contributed by atoms with Crippen molar-refractivity contribution in [3.05, 3.63) is 74.9 Å². The number of hydrogen-bond donors (Lipinski definition) is 2. The Morgan fingerprint density at radius 1 is 1.17 bits per heavy atom. The van der Waals surface area contributed by atoms with Gasteiger partial charge in [0.15, 0.2) is 5.43 Å². The molecule has 1 heterocycles. The SMILES string of the molecule is CSc1[nH]c2ccccc2c(=O)c1/C(=N/N)c1ccc(Cl)cc1. The fraction of sp³-hybridized carbons (Fsp3) is 0.0588. The first-order valence-corrected chi connectivity index (χ1v) is 8.49. The average molecular weight is 344 g/mol. The minimum Gasteiger partial charge on any atom is -0.349 e. The molecule has 0 fully saturated rings. The predicted molar refractivity (Wildman–Crippen MR) is 97.6 cm³/mol. The van der Waals surface area contributed by atoms with E-state index in [2.05, 4.69) is 10.1 Å². The zero-order chi connectivity index (χ0) is 16.4. The van der Waals surface area contributed by atoms with Crippen LogP contribution < -0.4 is 11.3 Å². The van der Waals surface area contributed by atoms with Crippen molar-refractivity contribution in [3.8, 4) is 0 Å². The Balaban J connectivity index is 2.31. The standard InChI is InChI=1S/C17H14ClN3OS/c1-23-17-14(15(21-19)10-6-8-11(18)9-7-10)16(22)12-4-2-3-5-13(12)20-17/h2-9H,19H2,1H3,(H,20,22)/b21-15+. The quantitative estimate of drug-likeness (QED) is 0.330. The predicted octanol–water partition coefficient (Wildman–Crippen LogP) is 3.61.